The summed E-state index contributed by atoms with van der Waals surface area (Å²) in [7, 11) is 0. The van der Waals surface area contributed by atoms with Gasteiger partial charge in [0.25, 0.3) is 0 Å². The molecule has 22 heavy (non-hydrogen) atoms. The number of hydrogen-bond acceptors (Lipinski definition) is 4. The Kier molecular flexibility index (Phi) is 4.30. The van der Waals surface area contributed by atoms with Gasteiger partial charge in [0.05, 0.1) is 17.0 Å². The molecule has 0 aliphatic heterocycles. The van der Waals surface area contributed by atoms with Gasteiger partial charge in [0.1, 0.15) is 18.0 Å². The van der Waals surface area contributed by atoms with E-state index < -0.39 is 17.6 Å². The quantitative estimate of drug-likeness (QED) is 0.852. The van der Waals surface area contributed by atoms with E-state index in [9.17, 15) is 17.6 Å². The number of halogens is 4. The highest BCUT2D eigenvalue weighted by atomic mass is 19.4. The molecule has 0 spiro atoms. The number of aromatic nitrogens is 2. The molecular formula is C14H12F4N4. The van der Waals surface area contributed by atoms with Crippen molar-refractivity contribution in [3.05, 3.63) is 59.8 Å². The second-order valence-electron chi connectivity index (χ2n) is 4.47. The number of alkyl halides is 3. The molecule has 1 aromatic carbocycles. The third kappa shape index (κ3) is 3.72. The van der Waals surface area contributed by atoms with Crippen LogP contribution in [-0.2, 0) is 12.7 Å². The molecule has 2 rings (SSSR count). The lowest BCUT2D eigenvalue weighted by molar-refractivity contribution is -0.140. The Bertz CT molecular complexity index is 697. The van der Waals surface area contributed by atoms with Crippen LogP contribution in [0.2, 0.25) is 0 Å². The van der Waals surface area contributed by atoms with Crippen LogP contribution in [0.25, 0.3) is 5.70 Å². The third-order valence-corrected chi connectivity index (χ3v) is 2.84. The average molecular weight is 312 g/mol. The summed E-state index contributed by atoms with van der Waals surface area (Å²) in [5, 5.41) is 2.81. The van der Waals surface area contributed by atoms with Crippen molar-refractivity contribution in [1.29, 1.82) is 0 Å². The predicted molar refractivity (Wildman–Crippen MR) is 73.7 cm³/mol. The molecule has 0 fully saturated rings. The molecule has 0 atom stereocenters. The molecule has 0 unspecified atom stereocenters. The smallest absolute Gasteiger partial charge is 0.384 e. The number of nitrogens with one attached hydrogen (secondary N) is 1. The van der Waals surface area contributed by atoms with Gasteiger partial charge in [-0.2, -0.15) is 13.2 Å². The van der Waals surface area contributed by atoms with E-state index >= 15 is 0 Å². The molecule has 0 aliphatic rings. The number of rotatable bonds is 4. The Hall–Kier alpha value is -2.64. The number of anilines is 1. The van der Waals surface area contributed by atoms with E-state index in [4.69, 9.17) is 5.73 Å². The van der Waals surface area contributed by atoms with Crippen molar-refractivity contribution < 1.29 is 17.6 Å². The molecule has 0 aliphatic carbocycles. The van der Waals surface area contributed by atoms with E-state index in [2.05, 4.69) is 21.9 Å². The summed E-state index contributed by atoms with van der Waals surface area (Å²) in [6.45, 7) is 3.75. The third-order valence-electron chi connectivity index (χ3n) is 2.84. The summed E-state index contributed by atoms with van der Waals surface area (Å²) >= 11 is 0. The Morgan fingerprint density at radius 2 is 1.95 bits per heavy atom. The Morgan fingerprint density at radius 1 is 1.23 bits per heavy atom. The number of benzene rings is 1. The molecule has 3 N–H and O–H groups in total. The maximum Gasteiger partial charge on any atom is 0.419 e. The highest BCUT2D eigenvalue weighted by Crippen LogP contribution is 2.31. The molecule has 1 aromatic heterocycles. The lowest BCUT2D eigenvalue weighted by Gasteiger charge is -2.12. The van der Waals surface area contributed by atoms with Gasteiger partial charge in [-0.3, -0.25) is 0 Å². The molecule has 0 amide bonds. The van der Waals surface area contributed by atoms with Crippen molar-refractivity contribution in [1.82, 2.24) is 15.3 Å². The van der Waals surface area contributed by atoms with Crippen molar-refractivity contribution in [2.75, 3.05) is 5.73 Å². The molecule has 0 saturated heterocycles. The first-order chi connectivity index (χ1) is 10.3. The largest absolute Gasteiger partial charge is 0.419 e. The fourth-order valence-corrected chi connectivity index (χ4v) is 1.74. The van der Waals surface area contributed by atoms with Crippen LogP contribution in [-0.4, -0.2) is 9.97 Å². The molecule has 0 saturated carbocycles. The SMILES string of the molecule is C=C(NCc1ccc(F)c(C(F)(F)F)c1)c1cc(N)ncn1. The van der Waals surface area contributed by atoms with Crippen molar-refractivity contribution in [3.8, 4) is 0 Å². The van der Waals surface area contributed by atoms with Gasteiger partial charge in [-0.05, 0) is 17.7 Å². The van der Waals surface area contributed by atoms with Crippen LogP contribution >= 0.6 is 0 Å². The van der Waals surface area contributed by atoms with Crippen molar-refractivity contribution >= 4 is 11.5 Å². The number of nitrogens with zero attached hydrogens (tertiary/aromatic N) is 2. The van der Waals surface area contributed by atoms with Gasteiger partial charge < -0.3 is 11.1 Å². The van der Waals surface area contributed by atoms with Gasteiger partial charge in [0.15, 0.2) is 0 Å². The molecule has 8 heteroatoms. The fraction of sp³-hybridized carbons (Fsp3) is 0.143. The lowest BCUT2D eigenvalue weighted by atomic mass is 10.1. The maximum atomic E-state index is 13.2. The monoisotopic (exact) mass is 312 g/mol. The van der Waals surface area contributed by atoms with Gasteiger partial charge in [0.2, 0.25) is 0 Å². The zero-order valence-electron chi connectivity index (χ0n) is 11.3. The Balaban J connectivity index is 2.10. The van der Waals surface area contributed by atoms with Crippen LogP contribution in [0.1, 0.15) is 16.8 Å². The van der Waals surface area contributed by atoms with E-state index in [1.807, 2.05) is 0 Å². The van der Waals surface area contributed by atoms with Gasteiger partial charge in [-0.15, -0.1) is 0 Å². The number of nitrogen functional groups attached to an aromatic ring is 1. The van der Waals surface area contributed by atoms with Crippen LogP contribution in [0, 0.1) is 5.82 Å². The first kappa shape index (κ1) is 15.7. The fourth-order valence-electron chi connectivity index (χ4n) is 1.74. The molecule has 116 valence electrons. The minimum absolute atomic E-state index is 0.0338. The zero-order chi connectivity index (χ0) is 16.3. The average Bonchev–Trinajstić information content (AvgIpc) is 2.45. The molecule has 0 radical (unpaired) electrons. The van der Waals surface area contributed by atoms with Gasteiger partial charge in [0, 0.05) is 12.6 Å². The highest BCUT2D eigenvalue weighted by Gasteiger charge is 2.34. The van der Waals surface area contributed by atoms with Crippen LogP contribution in [0.4, 0.5) is 23.4 Å². The van der Waals surface area contributed by atoms with Gasteiger partial charge >= 0.3 is 6.18 Å². The van der Waals surface area contributed by atoms with E-state index in [0.29, 0.717) is 11.4 Å². The summed E-state index contributed by atoms with van der Waals surface area (Å²) in [4.78, 5) is 7.65. The molecule has 1 heterocycles. The molecule has 0 bridgehead atoms. The second kappa shape index (κ2) is 6.00. The summed E-state index contributed by atoms with van der Waals surface area (Å²) < 4.78 is 51.1. The molecule has 4 nitrogen and oxygen atoms in total. The van der Waals surface area contributed by atoms with Crippen LogP contribution in [0.15, 0.2) is 37.2 Å². The molecular weight excluding hydrogens is 300 g/mol. The van der Waals surface area contributed by atoms with E-state index in [0.717, 1.165) is 12.1 Å². The highest BCUT2D eigenvalue weighted by molar-refractivity contribution is 5.60. The standard InChI is InChI=1S/C14H12F4N4/c1-8(12-5-13(19)22-7-21-12)20-6-9-2-3-11(15)10(4-9)14(16,17)18/h2-5,7,20H,1,6H2,(H2,19,21,22). The van der Waals surface area contributed by atoms with E-state index in [-0.39, 0.29) is 17.9 Å². The van der Waals surface area contributed by atoms with Crippen molar-refractivity contribution in [2.24, 2.45) is 0 Å². The normalized spacial score (nSPS) is 11.3. The molecule has 2 aromatic rings. The van der Waals surface area contributed by atoms with Crippen molar-refractivity contribution in [3.63, 3.8) is 0 Å². The van der Waals surface area contributed by atoms with Crippen LogP contribution < -0.4 is 11.1 Å². The summed E-state index contributed by atoms with van der Waals surface area (Å²) in [5.74, 6) is -1.06. The Labute approximate surface area is 123 Å². The predicted octanol–water partition coefficient (Wildman–Crippen LogP) is 2.98. The first-order valence-electron chi connectivity index (χ1n) is 6.13. The van der Waals surface area contributed by atoms with E-state index in [1.165, 1.54) is 18.5 Å². The topological polar surface area (TPSA) is 63.8 Å². The zero-order valence-corrected chi connectivity index (χ0v) is 11.3. The number of nitrogens with two attached hydrogens (primary N) is 1. The Morgan fingerprint density at radius 3 is 2.59 bits per heavy atom. The lowest BCUT2D eigenvalue weighted by Crippen LogP contribution is -2.14. The summed E-state index contributed by atoms with van der Waals surface area (Å²) in [5.41, 5.74) is 5.25. The van der Waals surface area contributed by atoms with E-state index in [1.54, 1.807) is 0 Å². The van der Waals surface area contributed by atoms with Gasteiger partial charge in [-0.1, -0.05) is 12.6 Å². The maximum absolute atomic E-state index is 13.2. The minimum atomic E-state index is -4.74. The first-order valence-corrected chi connectivity index (χ1v) is 6.13. The van der Waals surface area contributed by atoms with Crippen molar-refractivity contribution in [2.45, 2.75) is 12.7 Å². The van der Waals surface area contributed by atoms with Gasteiger partial charge in [-0.25, -0.2) is 14.4 Å². The number of hydrogen-bond donors (Lipinski definition) is 2. The summed E-state index contributed by atoms with van der Waals surface area (Å²) in [6, 6.07) is 4.27. The minimum Gasteiger partial charge on any atom is -0.384 e. The summed E-state index contributed by atoms with van der Waals surface area (Å²) in [6.07, 6.45) is -3.49. The van der Waals surface area contributed by atoms with Crippen LogP contribution in [0.3, 0.4) is 0 Å². The second-order valence-corrected chi connectivity index (χ2v) is 4.47. The van der Waals surface area contributed by atoms with Crippen LogP contribution in [0.5, 0.6) is 0 Å².